The predicted molar refractivity (Wildman–Crippen MR) is 103 cm³/mol. The lowest BCUT2D eigenvalue weighted by Crippen LogP contribution is -2.44. The lowest BCUT2D eigenvalue weighted by molar-refractivity contribution is -0.125. The molecule has 0 spiro atoms. The number of benzene rings is 1. The van der Waals surface area contributed by atoms with Crippen LogP contribution in [-0.2, 0) is 9.59 Å². The summed E-state index contributed by atoms with van der Waals surface area (Å²) in [6.07, 6.45) is 2.83. The number of halogens is 2. The number of piperidine rings is 1. The van der Waals surface area contributed by atoms with Gasteiger partial charge in [-0.25, -0.2) is 9.37 Å². The van der Waals surface area contributed by atoms with Crippen molar-refractivity contribution in [2.24, 2.45) is 11.7 Å². The van der Waals surface area contributed by atoms with E-state index in [4.69, 9.17) is 5.73 Å². The number of hydrogen-bond donors (Lipinski definition) is 2. The third kappa shape index (κ3) is 4.90. The Morgan fingerprint density at radius 1 is 1.19 bits per heavy atom. The summed E-state index contributed by atoms with van der Waals surface area (Å²) in [4.78, 5) is 30.5. The van der Waals surface area contributed by atoms with Crippen LogP contribution in [0.4, 0.5) is 10.2 Å². The van der Waals surface area contributed by atoms with Crippen LogP contribution < -0.4 is 11.1 Å². The molecule has 2 amide bonds. The second kappa shape index (κ2) is 8.58. The number of hydrogen-bond acceptors (Lipinski definition) is 4. The number of nitrogens with zero attached hydrogens (tertiary/aromatic N) is 2. The van der Waals surface area contributed by atoms with Crippen molar-refractivity contribution in [2.45, 2.75) is 18.9 Å². The van der Waals surface area contributed by atoms with Gasteiger partial charge in [-0.2, -0.15) is 0 Å². The number of nitrogens with one attached hydrogen (secondary N) is 1. The van der Waals surface area contributed by atoms with Gasteiger partial charge in [-0.05, 0) is 71.7 Å². The van der Waals surface area contributed by atoms with Crippen LogP contribution in [-0.4, -0.2) is 34.8 Å². The molecule has 1 aromatic carbocycles. The molecule has 0 aliphatic carbocycles. The van der Waals surface area contributed by atoms with Gasteiger partial charge < -0.3 is 11.1 Å². The summed E-state index contributed by atoms with van der Waals surface area (Å²) in [6.45, 7) is 1.10. The van der Waals surface area contributed by atoms with Crippen molar-refractivity contribution in [3.63, 3.8) is 0 Å². The van der Waals surface area contributed by atoms with E-state index < -0.39 is 11.9 Å². The first-order chi connectivity index (χ1) is 12.9. The third-order valence-electron chi connectivity index (χ3n) is 4.70. The molecule has 0 radical (unpaired) electrons. The van der Waals surface area contributed by atoms with Gasteiger partial charge in [-0.3, -0.25) is 14.5 Å². The average molecular weight is 435 g/mol. The topological polar surface area (TPSA) is 88.3 Å². The van der Waals surface area contributed by atoms with Gasteiger partial charge in [0.2, 0.25) is 11.8 Å². The van der Waals surface area contributed by atoms with Crippen molar-refractivity contribution >= 4 is 33.6 Å². The molecular weight excluding hydrogens is 415 g/mol. The van der Waals surface area contributed by atoms with Crippen LogP contribution >= 0.6 is 15.9 Å². The van der Waals surface area contributed by atoms with Crippen LogP contribution in [0.2, 0.25) is 0 Å². The van der Waals surface area contributed by atoms with Crippen molar-refractivity contribution in [1.82, 2.24) is 9.88 Å². The maximum Gasteiger partial charge on any atom is 0.239 e. The first-order valence-electron chi connectivity index (χ1n) is 8.65. The van der Waals surface area contributed by atoms with Gasteiger partial charge in [-0.1, -0.05) is 12.1 Å². The highest BCUT2D eigenvalue weighted by molar-refractivity contribution is 9.10. The third-order valence-corrected chi connectivity index (χ3v) is 5.17. The SMILES string of the molecule is NC(=O)C(c1ccc(F)cc1)N1CCC(C(=O)Nc2ccc(Br)cn2)CC1. The Morgan fingerprint density at radius 3 is 2.41 bits per heavy atom. The van der Waals surface area contributed by atoms with Crippen LogP contribution in [0.15, 0.2) is 47.1 Å². The highest BCUT2D eigenvalue weighted by Crippen LogP contribution is 2.27. The quantitative estimate of drug-likeness (QED) is 0.756. The summed E-state index contributed by atoms with van der Waals surface area (Å²) >= 11 is 3.30. The van der Waals surface area contributed by atoms with Crippen LogP contribution in [0, 0.1) is 11.7 Å². The van der Waals surface area contributed by atoms with E-state index in [1.165, 1.54) is 12.1 Å². The van der Waals surface area contributed by atoms with Gasteiger partial charge in [0.15, 0.2) is 0 Å². The number of rotatable bonds is 5. The highest BCUT2D eigenvalue weighted by Gasteiger charge is 2.32. The van der Waals surface area contributed by atoms with Crippen molar-refractivity contribution < 1.29 is 14.0 Å². The number of carbonyl (C=O) groups excluding carboxylic acids is 2. The molecule has 2 aromatic rings. The maximum atomic E-state index is 13.2. The van der Waals surface area contributed by atoms with Crippen LogP contribution in [0.1, 0.15) is 24.4 Å². The first-order valence-corrected chi connectivity index (χ1v) is 9.44. The van der Waals surface area contributed by atoms with Crippen LogP contribution in [0.25, 0.3) is 0 Å². The second-order valence-electron chi connectivity index (χ2n) is 6.52. The van der Waals surface area contributed by atoms with Gasteiger partial charge in [0, 0.05) is 16.6 Å². The second-order valence-corrected chi connectivity index (χ2v) is 7.43. The van der Waals surface area contributed by atoms with E-state index in [1.807, 2.05) is 11.0 Å². The van der Waals surface area contributed by atoms with E-state index in [2.05, 4.69) is 26.2 Å². The van der Waals surface area contributed by atoms with Crippen molar-refractivity contribution in [2.75, 3.05) is 18.4 Å². The molecule has 6 nitrogen and oxygen atoms in total. The maximum absolute atomic E-state index is 13.2. The van der Waals surface area contributed by atoms with Gasteiger partial charge in [0.25, 0.3) is 0 Å². The van der Waals surface area contributed by atoms with Crippen LogP contribution in [0.3, 0.4) is 0 Å². The van der Waals surface area contributed by atoms with Crippen molar-refractivity contribution in [3.8, 4) is 0 Å². The Kier molecular flexibility index (Phi) is 6.18. The average Bonchev–Trinajstić information content (AvgIpc) is 2.65. The molecule has 2 heterocycles. The smallest absolute Gasteiger partial charge is 0.239 e. The van der Waals surface area contributed by atoms with E-state index in [1.54, 1.807) is 24.4 Å². The zero-order chi connectivity index (χ0) is 19.4. The largest absolute Gasteiger partial charge is 0.368 e. The fourth-order valence-electron chi connectivity index (χ4n) is 3.30. The number of aromatic nitrogens is 1. The minimum atomic E-state index is -0.622. The van der Waals surface area contributed by atoms with Gasteiger partial charge >= 0.3 is 0 Å². The number of nitrogens with two attached hydrogens (primary N) is 1. The molecular formula is C19H20BrFN4O2. The Labute approximate surface area is 165 Å². The van der Waals surface area contributed by atoms with Crippen LogP contribution in [0.5, 0.6) is 0 Å². The monoisotopic (exact) mass is 434 g/mol. The molecule has 1 aromatic heterocycles. The standard InChI is InChI=1S/C19H20BrFN4O2/c20-14-3-6-16(23-11-14)24-19(27)13-7-9-25(10-8-13)17(18(22)26)12-1-4-15(21)5-2-12/h1-6,11,13,17H,7-10H2,(H2,22,26)(H,23,24,27). The number of pyridine rings is 1. The molecule has 0 saturated carbocycles. The van der Waals surface area contributed by atoms with Gasteiger partial charge in [-0.15, -0.1) is 0 Å². The van der Waals surface area contributed by atoms with Crippen molar-refractivity contribution in [3.05, 3.63) is 58.4 Å². The lowest BCUT2D eigenvalue weighted by Gasteiger charge is -2.35. The molecule has 0 bridgehead atoms. The molecule has 1 aliphatic rings. The van der Waals surface area contributed by atoms with Gasteiger partial charge in [0.05, 0.1) is 0 Å². The Balaban J connectivity index is 1.61. The molecule has 1 atom stereocenters. The highest BCUT2D eigenvalue weighted by atomic mass is 79.9. The summed E-state index contributed by atoms with van der Waals surface area (Å²) in [5.41, 5.74) is 6.24. The Bertz CT molecular complexity index is 805. The zero-order valence-electron chi connectivity index (χ0n) is 14.6. The van der Waals surface area contributed by atoms with E-state index in [0.29, 0.717) is 37.3 Å². The number of anilines is 1. The molecule has 1 aliphatic heterocycles. The predicted octanol–water partition coefficient (Wildman–Crippen LogP) is 2.86. The minimum Gasteiger partial charge on any atom is -0.368 e. The lowest BCUT2D eigenvalue weighted by atomic mass is 9.93. The Hall–Kier alpha value is -2.32. The molecule has 1 unspecified atom stereocenters. The summed E-state index contributed by atoms with van der Waals surface area (Å²) < 4.78 is 14.0. The summed E-state index contributed by atoms with van der Waals surface area (Å²) in [5.74, 6) is -0.579. The number of primary amides is 1. The Morgan fingerprint density at radius 2 is 1.85 bits per heavy atom. The van der Waals surface area contributed by atoms with E-state index in [-0.39, 0.29) is 17.6 Å². The fraction of sp³-hybridized carbons (Fsp3) is 0.316. The van der Waals surface area contributed by atoms with Gasteiger partial charge in [0.1, 0.15) is 17.7 Å². The normalized spacial score (nSPS) is 16.7. The summed E-state index contributed by atoms with van der Waals surface area (Å²) in [7, 11) is 0. The molecule has 142 valence electrons. The number of likely N-dealkylation sites (tertiary alicyclic amines) is 1. The van der Waals surface area contributed by atoms with E-state index in [0.717, 1.165) is 4.47 Å². The fourth-order valence-corrected chi connectivity index (χ4v) is 3.53. The van der Waals surface area contributed by atoms with Crippen molar-refractivity contribution in [1.29, 1.82) is 0 Å². The molecule has 1 saturated heterocycles. The molecule has 3 N–H and O–H groups in total. The molecule has 27 heavy (non-hydrogen) atoms. The number of amides is 2. The first kappa shape index (κ1) is 19.4. The zero-order valence-corrected chi connectivity index (χ0v) is 16.2. The minimum absolute atomic E-state index is 0.0816. The molecule has 8 heteroatoms. The van der Waals surface area contributed by atoms with E-state index >= 15 is 0 Å². The number of carbonyl (C=O) groups is 2. The summed E-state index contributed by atoms with van der Waals surface area (Å²) in [5, 5.41) is 2.82. The summed E-state index contributed by atoms with van der Waals surface area (Å²) in [6, 6.07) is 8.70. The van der Waals surface area contributed by atoms with E-state index in [9.17, 15) is 14.0 Å². The molecule has 3 rings (SSSR count). The molecule has 1 fully saturated rings.